The fourth-order valence-electron chi connectivity index (χ4n) is 1.26. The number of fused-ring (bicyclic) bond motifs is 1. The van der Waals surface area contributed by atoms with Crippen molar-refractivity contribution in [3.8, 4) is 5.75 Å². The van der Waals surface area contributed by atoms with E-state index in [1.165, 1.54) is 13.2 Å². The third-order valence-electron chi connectivity index (χ3n) is 1.89. The smallest absolute Gasteiger partial charge is 0.285 e. The van der Waals surface area contributed by atoms with Gasteiger partial charge in [-0.2, -0.15) is 8.42 Å². The summed E-state index contributed by atoms with van der Waals surface area (Å²) in [6.07, 6.45) is 1.14. The summed E-state index contributed by atoms with van der Waals surface area (Å²) in [5.74, 6) is 0.484. The Labute approximate surface area is 81.5 Å². The molecule has 0 spiro atoms. The molecule has 0 unspecified atom stereocenters. The van der Waals surface area contributed by atoms with Crippen LogP contribution in [0.3, 0.4) is 0 Å². The van der Waals surface area contributed by atoms with Gasteiger partial charge in [0.2, 0.25) is 0 Å². The zero-order valence-corrected chi connectivity index (χ0v) is 8.21. The van der Waals surface area contributed by atoms with E-state index in [-0.39, 0.29) is 4.90 Å². The van der Waals surface area contributed by atoms with E-state index in [0.717, 1.165) is 6.34 Å². The van der Waals surface area contributed by atoms with Gasteiger partial charge in [-0.1, -0.05) is 6.07 Å². The Kier molecular flexibility index (Phi) is 1.92. The van der Waals surface area contributed by atoms with Gasteiger partial charge in [0, 0.05) is 0 Å². The number of ether oxygens (including phenoxy) is 1. The first-order valence-corrected chi connectivity index (χ1v) is 5.31. The van der Waals surface area contributed by atoms with E-state index >= 15 is 0 Å². The second kappa shape index (κ2) is 2.98. The van der Waals surface area contributed by atoms with E-state index in [1.807, 2.05) is 0 Å². The number of nitrogens with one attached hydrogen (secondary N) is 1. The predicted octanol–water partition coefficient (Wildman–Crippen LogP) is 0.838. The van der Waals surface area contributed by atoms with Crippen molar-refractivity contribution in [3.63, 3.8) is 0 Å². The van der Waals surface area contributed by atoms with Crippen molar-refractivity contribution >= 4 is 22.0 Å². The van der Waals surface area contributed by atoms with Crippen LogP contribution in [0, 0.1) is 0 Å². The highest BCUT2D eigenvalue weighted by Crippen LogP contribution is 2.33. The highest BCUT2D eigenvalue weighted by molar-refractivity contribution is 7.90. The van der Waals surface area contributed by atoms with Gasteiger partial charge in [0.1, 0.15) is 22.7 Å². The normalized spacial score (nSPS) is 16.9. The number of methoxy groups -OCH3 is 1. The Morgan fingerprint density at radius 2 is 2.21 bits per heavy atom. The Morgan fingerprint density at radius 3 is 2.93 bits per heavy atom. The third-order valence-corrected chi connectivity index (χ3v) is 3.17. The molecular formula is C8H8N2O3S. The molecule has 2 rings (SSSR count). The van der Waals surface area contributed by atoms with Crippen LogP contribution in [-0.4, -0.2) is 21.9 Å². The van der Waals surface area contributed by atoms with Gasteiger partial charge < -0.3 is 10.1 Å². The SMILES string of the molecule is COc1cccc2c1NC=NS2(=O)=O. The number of nitrogens with zero attached hydrogens (tertiary/aromatic N) is 1. The van der Waals surface area contributed by atoms with E-state index in [0.29, 0.717) is 11.4 Å². The van der Waals surface area contributed by atoms with Crippen molar-refractivity contribution in [1.29, 1.82) is 0 Å². The fourth-order valence-corrected chi connectivity index (χ4v) is 2.23. The summed E-state index contributed by atoms with van der Waals surface area (Å²) in [5.41, 5.74) is 0.435. The number of anilines is 1. The Balaban J connectivity index is 2.72. The molecule has 0 saturated heterocycles. The first-order valence-electron chi connectivity index (χ1n) is 3.87. The van der Waals surface area contributed by atoms with Crippen LogP contribution in [-0.2, 0) is 10.0 Å². The molecule has 74 valence electrons. The van der Waals surface area contributed by atoms with Crippen LogP contribution in [0.5, 0.6) is 5.75 Å². The van der Waals surface area contributed by atoms with Crippen LogP contribution in [0.1, 0.15) is 0 Å². The maximum absolute atomic E-state index is 11.4. The van der Waals surface area contributed by atoms with Gasteiger partial charge in [0.25, 0.3) is 10.0 Å². The van der Waals surface area contributed by atoms with Gasteiger partial charge in [-0.25, -0.2) is 0 Å². The van der Waals surface area contributed by atoms with E-state index in [1.54, 1.807) is 12.1 Å². The molecule has 1 aromatic carbocycles. The number of para-hydroxylation sites is 1. The quantitative estimate of drug-likeness (QED) is 0.749. The van der Waals surface area contributed by atoms with Gasteiger partial charge in [-0.15, -0.1) is 4.40 Å². The Bertz CT molecular complexity index is 493. The molecule has 6 heteroatoms. The zero-order chi connectivity index (χ0) is 10.2. The molecule has 1 N–H and O–H groups in total. The van der Waals surface area contributed by atoms with Crippen LogP contribution < -0.4 is 10.1 Å². The average molecular weight is 212 g/mol. The minimum atomic E-state index is -3.55. The van der Waals surface area contributed by atoms with Crippen LogP contribution in [0.2, 0.25) is 0 Å². The van der Waals surface area contributed by atoms with Gasteiger partial charge in [0.15, 0.2) is 0 Å². The molecule has 14 heavy (non-hydrogen) atoms. The molecular weight excluding hydrogens is 204 g/mol. The summed E-state index contributed by atoms with van der Waals surface area (Å²) in [4.78, 5) is 0.138. The number of hydrogen-bond acceptors (Lipinski definition) is 4. The molecule has 0 saturated carbocycles. The van der Waals surface area contributed by atoms with Crippen molar-refractivity contribution in [3.05, 3.63) is 18.2 Å². The lowest BCUT2D eigenvalue weighted by molar-refractivity contribution is 0.415. The monoisotopic (exact) mass is 212 g/mol. The molecule has 1 aliphatic heterocycles. The lowest BCUT2D eigenvalue weighted by Gasteiger charge is -2.14. The van der Waals surface area contributed by atoms with Crippen molar-refractivity contribution in [1.82, 2.24) is 0 Å². The summed E-state index contributed by atoms with van der Waals surface area (Å²) in [6.45, 7) is 0. The van der Waals surface area contributed by atoms with Gasteiger partial charge in [0.05, 0.1) is 7.11 Å². The average Bonchev–Trinajstić information content (AvgIpc) is 2.17. The van der Waals surface area contributed by atoms with Crippen molar-refractivity contribution in [2.45, 2.75) is 4.90 Å². The lowest BCUT2D eigenvalue weighted by Crippen LogP contribution is -2.12. The maximum Gasteiger partial charge on any atom is 0.285 e. The summed E-state index contributed by atoms with van der Waals surface area (Å²) < 4.78 is 31.3. The van der Waals surface area contributed by atoms with Crippen LogP contribution in [0.4, 0.5) is 5.69 Å². The molecule has 0 aliphatic carbocycles. The standard InChI is InChI=1S/C8H8N2O3S/c1-13-6-3-2-4-7-8(6)9-5-10-14(7,11)12/h2-5H,1H3,(H,9,10). The third kappa shape index (κ3) is 1.24. The topological polar surface area (TPSA) is 67.8 Å². The minimum Gasteiger partial charge on any atom is -0.495 e. The van der Waals surface area contributed by atoms with Crippen molar-refractivity contribution < 1.29 is 13.2 Å². The fraction of sp³-hybridized carbons (Fsp3) is 0.125. The largest absolute Gasteiger partial charge is 0.495 e. The highest BCUT2D eigenvalue weighted by atomic mass is 32.2. The molecule has 1 aliphatic rings. The lowest BCUT2D eigenvalue weighted by atomic mass is 10.3. The predicted molar refractivity (Wildman–Crippen MR) is 52.3 cm³/mol. The first-order chi connectivity index (χ1) is 6.65. The van der Waals surface area contributed by atoms with Gasteiger partial charge in [-0.3, -0.25) is 0 Å². The number of sulfonamides is 1. The Morgan fingerprint density at radius 1 is 1.43 bits per heavy atom. The van der Waals surface area contributed by atoms with Crippen molar-refractivity contribution in [2.24, 2.45) is 4.40 Å². The number of rotatable bonds is 1. The second-order valence-electron chi connectivity index (χ2n) is 2.69. The van der Waals surface area contributed by atoms with E-state index < -0.39 is 10.0 Å². The second-order valence-corrected chi connectivity index (χ2v) is 4.29. The number of hydrogen-bond donors (Lipinski definition) is 1. The van der Waals surface area contributed by atoms with Gasteiger partial charge in [-0.05, 0) is 12.1 Å². The van der Waals surface area contributed by atoms with Crippen LogP contribution in [0.15, 0.2) is 27.5 Å². The molecule has 0 bridgehead atoms. The molecule has 1 heterocycles. The zero-order valence-electron chi connectivity index (χ0n) is 7.39. The van der Waals surface area contributed by atoms with Crippen molar-refractivity contribution in [2.75, 3.05) is 12.4 Å². The van der Waals surface area contributed by atoms with Crippen LogP contribution >= 0.6 is 0 Å². The van der Waals surface area contributed by atoms with E-state index in [4.69, 9.17) is 4.74 Å². The molecule has 0 aromatic heterocycles. The molecule has 0 radical (unpaired) electrons. The molecule has 0 atom stereocenters. The molecule has 0 fully saturated rings. The summed E-state index contributed by atoms with van der Waals surface area (Å²) in [5, 5.41) is 2.74. The first kappa shape index (κ1) is 9.01. The molecule has 5 nitrogen and oxygen atoms in total. The summed E-state index contributed by atoms with van der Waals surface area (Å²) in [6, 6.07) is 4.77. The maximum atomic E-state index is 11.4. The highest BCUT2D eigenvalue weighted by Gasteiger charge is 2.22. The Hall–Kier alpha value is -1.56. The minimum absolute atomic E-state index is 0.138. The van der Waals surface area contributed by atoms with E-state index in [2.05, 4.69) is 9.71 Å². The summed E-state index contributed by atoms with van der Waals surface area (Å²) >= 11 is 0. The van der Waals surface area contributed by atoms with E-state index in [9.17, 15) is 8.42 Å². The van der Waals surface area contributed by atoms with Gasteiger partial charge >= 0.3 is 0 Å². The van der Waals surface area contributed by atoms with Crippen LogP contribution in [0.25, 0.3) is 0 Å². The molecule has 0 amide bonds. The summed E-state index contributed by atoms with van der Waals surface area (Å²) in [7, 11) is -2.07. The number of benzene rings is 1. The molecule has 1 aromatic rings.